The van der Waals surface area contributed by atoms with Crippen LogP contribution >= 0.6 is 15.9 Å². The van der Waals surface area contributed by atoms with Gasteiger partial charge in [-0.25, -0.2) is 13.1 Å². The summed E-state index contributed by atoms with van der Waals surface area (Å²) in [6, 6.07) is 5.11. The molecule has 0 aliphatic carbocycles. The molecule has 0 fully saturated rings. The Morgan fingerprint density at radius 1 is 1.30 bits per heavy atom. The maximum Gasteiger partial charge on any atom is 0.241 e. The average Bonchev–Trinajstić information content (AvgIpc) is 2.34. The van der Waals surface area contributed by atoms with E-state index in [1.165, 1.54) is 0 Å². The Morgan fingerprint density at radius 2 is 1.90 bits per heavy atom. The largest absolute Gasteiger partial charge is 0.302 e. The van der Waals surface area contributed by atoms with Crippen LogP contribution in [0.25, 0.3) is 0 Å². The van der Waals surface area contributed by atoms with E-state index in [0.717, 1.165) is 18.7 Å². The van der Waals surface area contributed by atoms with E-state index in [2.05, 4.69) is 39.4 Å². The summed E-state index contributed by atoms with van der Waals surface area (Å²) < 4.78 is 28.1. The van der Waals surface area contributed by atoms with E-state index in [9.17, 15) is 8.42 Å². The van der Waals surface area contributed by atoms with E-state index < -0.39 is 10.0 Å². The van der Waals surface area contributed by atoms with Gasteiger partial charge in [-0.15, -0.1) is 0 Å². The number of hydrogen-bond donors (Lipinski definition) is 1. The highest BCUT2D eigenvalue weighted by atomic mass is 79.9. The third-order valence-corrected chi connectivity index (χ3v) is 5.73. The van der Waals surface area contributed by atoms with Gasteiger partial charge in [0.2, 0.25) is 10.0 Å². The van der Waals surface area contributed by atoms with E-state index in [-0.39, 0.29) is 10.9 Å². The van der Waals surface area contributed by atoms with Crippen molar-refractivity contribution in [3.8, 4) is 0 Å². The first-order valence-corrected chi connectivity index (χ1v) is 9.08. The molecule has 1 atom stereocenters. The molecule has 1 unspecified atom stereocenters. The summed E-state index contributed by atoms with van der Waals surface area (Å²) in [5.41, 5.74) is 1.02. The predicted octanol–water partition coefficient (Wildman–Crippen LogP) is 2.77. The maximum atomic E-state index is 12.4. The zero-order valence-electron chi connectivity index (χ0n) is 12.5. The monoisotopic (exact) mass is 362 g/mol. The van der Waals surface area contributed by atoms with Crippen molar-refractivity contribution in [1.29, 1.82) is 0 Å². The van der Waals surface area contributed by atoms with E-state index in [4.69, 9.17) is 0 Å². The Kier molecular flexibility index (Phi) is 6.64. The lowest BCUT2D eigenvalue weighted by atomic mass is 10.2. The highest BCUT2D eigenvalue weighted by Gasteiger charge is 2.20. The van der Waals surface area contributed by atoms with E-state index in [1.54, 1.807) is 12.1 Å². The van der Waals surface area contributed by atoms with Crippen LogP contribution in [0.15, 0.2) is 27.6 Å². The van der Waals surface area contributed by atoms with Crippen molar-refractivity contribution in [2.45, 2.75) is 38.6 Å². The Morgan fingerprint density at radius 3 is 2.40 bits per heavy atom. The molecule has 20 heavy (non-hydrogen) atoms. The van der Waals surface area contributed by atoms with Crippen LogP contribution in [0.3, 0.4) is 0 Å². The third kappa shape index (κ3) is 4.84. The molecule has 0 aliphatic rings. The van der Waals surface area contributed by atoms with Gasteiger partial charge in [0.15, 0.2) is 0 Å². The highest BCUT2D eigenvalue weighted by Crippen LogP contribution is 2.23. The minimum absolute atomic E-state index is 0.131. The number of sulfonamides is 1. The van der Waals surface area contributed by atoms with Gasteiger partial charge < -0.3 is 4.90 Å². The van der Waals surface area contributed by atoms with Crippen LogP contribution in [0.1, 0.15) is 26.3 Å². The second-order valence-corrected chi connectivity index (χ2v) is 7.48. The van der Waals surface area contributed by atoms with Gasteiger partial charge in [0.05, 0.1) is 4.90 Å². The molecule has 0 spiro atoms. The number of aryl methyl sites for hydroxylation is 1. The summed E-state index contributed by atoms with van der Waals surface area (Å²) in [4.78, 5) is 2.48. The molecule has 0 aliphatic heterocycles. The van der Waals surface area contributed by atoms with Crippen molar-refractivity contribution in [2.24, 2.45) is 0 Å². The maximum absolute atomic E-state index is 12.4. The molecule has 0 heterocycles. The van der Waals surface area contributed by atoms with Gasteiger partial charge in [-0.3, -0.25) is 0 Å². The molecule has 114 valence electrons. The van der Waals surface area contributed by atoms with Crippen molar-refractivity contribution in [2.75, 3.05) is 19.6 Å². The van der Waals surface area contributed by atoms with Crippen molar-refractivity contribution >= 4 is 26.0 Å². The van der Waals surface area contributed by atoms with Gasteiger partial charge >= 0.3 is 0 Å². The van der Waals surface area contributed by atoms with Crippen LogP contribution in [0, 0.1) is 6.92 Å². The number of hydrogen-bond acceptors (Lipinski definition) is 3. The molecule has 6 heteroatoms. The Bertz CT molecular complexity index is 542. The van der Waals surface area contributed by atoms with Crippen molar-refractivity contribution in [3.05, 3.63) is 28.2 Å². The van der Waals surface area contributed by atoms with E-state index in [0.29, 0.717) is 11.0 Å². The number of halogens is 1. The number of rotatable bonds is 7. The average molecular weight is 363 g/mol. The Labute approximate surface area is 130 Å². The van der Waals surface area contributed by atoms with Gasteiger partial charge in [-0.05, 0) is 60.6 Å². The van der Waals surface area contributed by atoms with Crippen molar-refractivity contribution in [1.82, 2.24) is 9.62 Å². The number of nitrogens with one attached hydrogen (secondary N) is 1. The topological polar surface area (TPSA) is 49.4 Å². The highest BCUT2D eigenvalue weighted by molar-refractivity contribution is 9.10. The molecular formula is C14H23BrN2O2S. The number of nitrogens with zero attached hydrogens (tertiary/aromatic N) is 1. The molecule has 4 nitrogen and oxygen atoms in total. The molecular weight excluding hydrogens is 340 g/mol. The van der Waals surface area contributed by atoms with E-state index >= 15 is 0 Å². The molecule has 0 amide bonds. The molecule has 1 N–H and O–H groups in total. The lowest BCUT2D eigenvalue weighted by Gasteiger charge is -2.23. The smallest absolute Gasteiger partial charge is 0.241 e. The van der Waals surface area contributed by atoms with Crippen LogP contribution in [-0.4, -0.2) is 39.0 Å². The summed E-state index contributed by atoms with van der Waals surface area (Å²) in [5, 5.41) is 0. The molecule has 0 aromatic heterocycles. The van der Waals surface area contributed by atoms with Crippen LogP contribution in [0.4, 0.5) is 0 Å². The fraction of sp³-hybridized carbons (Fsp3) is 0.571. The van der Waals surface area contributed by atoms with Gasteiger partial charge in [-0.1, -0.05) is 19.9 Å². The third-order valence-electron chi connectivity index (χ3n) is 3.16. The summed E-state index contributed by atoms with van der Waals surface area (Å²) in [5.74, 6) is 0. The predicted molar refractivity (Wildman–Crippen MR) is 86.5 cm³/mol. The first kappa shape index (κ1) is 17.6. The lowest BCUT2D eigenvalue weighted by Crippen LogP contribution is -2.41. The minimum Gasteiger partial charge on any atom is -0.302 e. The molecule has 0 saturated carbocycles. The second-order valence-electron chi connectivity index (χ2n) is 4.94. The first-order valence-electron chi connectivity index (χ1n) is 6.81. The molecule has 0 saturated heterocycles. The molecule has 0 radical (unpaired) electrons. The van der Waals surface area contributed by atoms with Gasteiger partial charge in [0, 0.05) is 17.1 Å². The second kappa shape index (κ2) is 7.54. The molecule has 0 bridgehead atoms. The normalized spacial score (nSPS) is 13.7. The van der Waals surface area contributed by atoms with Crippen LogP contribution < -0.4 is 4.72 Å². The van der Waals surface area contributed by atoms with Crippen molar-refractivity contribution in [3.63, 3.8) is 0 Å². The van der Waals surface area contributed by atoms with Gasteiger partial charge in [0.25, 0.3) is 0 Å². The summed E-state index contributed by atoms with van der Waals surface area (Å²) >= 11 is 3.32. The quantitative estimate of drug-likeness (QED) is 0.811. The zero-order valence-corrected chi connectivity index (χ0v) is 14.9. The fourth-order valence-corrected chi connectivity index (χ4v) is 4.49. The van der Waals surface area contributed by atoms with Gasteiger partial charge in [0.1, 0.15) is 0 Å². The van der Waals surface area contributed by atoms with Crippen molar-refractivity contribution < 1.29 is 8.42 Å². The van der Waals surface area contributed by atoms with Gasteiger partial charge in [-0.2, -0.15) is 0 Å². The zero-order chi connectivity index (χ0) is 15.3. The Balaban J connectivity index is 2.84. The SMILES string of the molecule is CCN(CC)CC(C)NS(=O)(=O)c1ccc(C)cc1Br. The van der Waals surface area contributed by atoms with Crippen LogP contribution in [-0.2, 0) is 10.0 Å². The van der Waals surface area contributed by atoms with Crippen LogP contribution in [0.5, 0.6) is 0 Å². The molecule has 1 rings (SSSR count). The lowest BCUT2D eigenvalue weighted by molar-refractivity contribution is 0.282. The summed E-state index contributed by atoms with van der Waals surface area (Å²) in [6.45, 7) is 10.5. The number of benzene rings is 1. The van der Waals surface area contributed by atoms with Crippen LogP contribution in [0.2, 0.25) is 0 Å². The summed E-state index contributed by atoms with van der Waals surface area (Å²) in [7, 11) is -3.49. The fourth-order valence-electron chi connectivity index (χ4n) is 2.06. The Hall–Kier alpha value is -0.430. The van der Waals surface area contributed by atoms with E-state index in [1.807, 2.05) is 19.9 Å². The minimum atomic E-state index is -3.49. The molecule has 1 aromatic carbocycles. The standard InChI is InChI=1S/C14H23BrN2O2S/c1-5-17(6-2)10-12(4)16-20(18,19)14-8-7-11(3)9-13(14)15/h7-9,12,16H,5-6,10H2,1-4H3. The summed E-state index contributed by atoms with van der Waals surface area (Å²) in [6.07, 6.45) is 0. The first-order chi connectivity index (χ1) is 9.30. The number of likely N-dealkylation sites (N-methyl/N-ethyl adjacent to an activating group) is 1. The molecule has 1 aromatic rings.